The maximum absolute atomic E-state index is 14.5. The highest BCUT2D eigenvalue weighted by molar-refractivity contribution is 6.31. The Kier molecular flexibility index (Phi) is 7.58. The summed E-state index contributed by atoms with van der Waals surface area (Å²) in [7, 11) is 2.09. The van der Waals surface area contributed by atoms with Crippen LogP contribution in [0.3, 0.4) is 0 Å². The van der Waals surface area contributed by atoms with Gasteiger partial charge in [0.25, 0.3) is 0 Å². The second-order valence-corrected chi connectivity index (χ2v) is 10.2. The van der Waals surface area contributed by atoms with Crippen molar-refractivity contribution < 1.29 is 9.18 Å². The molecule has 1 aromatic heterocycles. The first-order valence-corrected chi connectivity index (χ1v) is 12.2. The lowest BCUT2D eigenvalue weighted by molar-refractivity contribution is -0.111. The molecule has 0 bridgehead atoms. The van der Waals surface area contributed by atoms with Crippen LogP contribution in [-0.2, 0) is 4.79 Å². The van der Waals surface area contributed by atoms with Crippen LogP contribution in [0.5, 0.6) is 0 Å². The van der Waals surface area contributed by atoms with Gasteiger partial charge in [-0.15, -0.1) is 0 Å². The van der Waals surface area contributed by atoms with Crippen LogP contribution in [-0.4, -0.2) is 40.9 Å². The van der Waals surface area contributed by atoms with Crippen molar-refractivity contribution in [2.45, 2.75) is 27.2 Å². The number of hydrogen-bond donors (Lipinski definition) is 2. The van der Waals surface area contributed by atoms with Gasteiger partial charge in [0.05, 0.1) is 27.5 Å². The number of allylic oxidation sites excluding steroid dienone is 1. The predicted octanol–water partition coefficient (Wildman–Crippen LogP) is 6.01. The molecule has 1 aliphatic rings. The summed E-state index contributed by atoms with van der Waals surface area (Å²) in [6.45, 7) is 8.03. The molecule has 0 unspecified atom stereocenters. The Morgan fingerprint density at radius 1 is 1.28 bits per heavy atom. The fourth-order valence-corrected chi connectivity index (χ4v) is 4.28. The van der Waals surface area contributed by atoms with Crippen LogP contribution in [0.15, 0.2) is 48.8 Å². The van der Waals surface area contributed by atoms with Gasteiger partial charge in [0.2, 0.25) is 5.91 Å². The molecule has 6 nitrogen and oxygen atoms in total. The number of amides is 1. The van der Waals surface area contributed by atoms with Crippen LogP contribution in [0.25, 0.3) is 10.9 Å². The summed E-state index contributed by atoms with van der Waals surface area (Å²) in [4.78, 5) is 23.6. The van der Waals surface area contributed by atoms with Gasteiger partial charge in [-0.1, -0.05) is 49.4 Å². The molecule has 0 radical (unpaired) electrons. The molecule has 36 heavy (non-hydrogen) atoms. The number of benzene rings is 2. The maximum atomic E-state index is 14.5. The number of rotatable bonds is 5. The number of fused-ring (bicyclic) bond motifs is 1. The van der Waals surface area contributed by atoms with Crippen molar-refractivity contribution in [1.82, 2.24) is 14.9 Å². The molecular weight excluding hydrogens is 477 g/mol. The summed E-state index contributed by atoms with van der Waals surface area (Å²) >= 11 is 5.94. The lowest BCUT2D eigenvalue weighted by Gasteiger charge is -2.16. The highest BCUT2D eigenvalue weighted by atomic mass is 35.5. The van der Waals surface area contributed by atoms with Gasteiger partial charge >= 0.3 is 0 Å². The first-order chi connectivity index (χ1) is 17.1. The van der Waals surface area contributed by atoms with E-state index in [2.05, 4.69) is 51.3 Å². The highest BCUT2D eigenvalue weighted by Gasteiger charge is 2.30. The SMILES string of the molecule is CC(C)/C=C/C(=O)Nc1cc2c(Nc3cccc(Cl)c3F)ncnc2cc1C#C[C@@]1(C)CCN(C)C1. The third kappa shape index (κ3) is 6.01. The molecule has 1 amide bonds. The number of hydrogen-bond acceptors (Lipinski definition) is 5. The van der Waals surface area contributed by atoms with Crippen LogP contribution >= 0.6 is 11.6 Å². The van der Waals surface area contributed by atoms with Gasteiger partial charge in [-0.3, -0.25) is 4.79 Å². The van der Waals surface area contributed by atoms with Gasteiger partial charge in [-0.25, -0.2) is 14.4 Å². The second-order valence-electron chi connectivity index (χ2n) is 9.75. The van der Waals surface area contributed by atoms with Crippen LogP contribution < -0.4 is 10.6 Å². The zero-order valence-electron chi connectivity index (χ0n) is 20.8. The lowest BCUT2D eigenvalue weighted by Crippen LogP contribution is -2.20. The van der Waals surface area contributed by atoms with E-state index in [1.54, 1.807) is 18.2 Å². The van der Waals surface area contributed by atoms with E-state index >= 15 is 0 Å². The number of aromatic nitrogens is 2. The molecule has 2 heterocycles. The molecule has 0 aliphatic carbocycles. The van der Waals surface area contributed by atoms with Crippen molar-refractivity contribution >= 4 is 45.6 Å². The zero-order chi connectivity index (χ0) is 25.9. The quantitative estimate of drug-likeness (QED) is 0.328. The molecule has 2 N–H and O–H groups in total. The van der Waals surface area contributed by atoms with E-state index in [1.165, 1.54) is 18.5 Å². The number of nitrogens with zero attached hydrogens (tertiary/aromatic N) is 3. The van der Waals surface area contributed by atoms with Gasteiger partial charge in [0, 0.05) is 17.3 Å². The van der Waals surface area contributed by atoms with E-state index < -0.39 is 5.82 Å². The molecule has 0 saturated carbocycles. The summed E-state index contributed by atoms with van der Waals surface area (Å²) in [5.41, 5.74) is 1.86. The highest BCUT2D eigenvalue weighted by Crippen LogP contribution is 2.32. The van der Waals surface area contributed by atoms with Gasteiger partial charge in [-0.05, 0) is 63.2 Å². The normalized spacial score (nSPS) is 18.0. The molecule has 1 aliphatic heterocycles. The fraction of sp³-hybridized carbons (Fsp3) is 0.321. The minimum absolute atomic E-state index is 0.00636. The van der Waals surface area contributed by atoms with E-state index in [0.29, 0.717) is 28.0 Å². The first-order valence-electron chi connectivity index (χ1n) is 11.8. The maximum Gasteiger partial charge on any atom is 0.248 e. The summed E-state index contributed by atoms with van der Waals surface area (Å²) in [6.07, 6.45) is 5.72. The molecule has 2 aromatic carbocycles. The van der Waals surface area contributed by atoms with Crippen LogP contribution in [0.2, 0.25) is 5.02 Å². The van der Waals surface area contributed by atoms with Crippen molar-refractivity contribution in [3.8, 4) is 11.8 Å². The van der Waals surface area contributed by atoms with E-state index in [9.17, 15) is 9.18 Å². The number of nitrogens with one attached hydrogen (secondary N) is 2. The standard InChI is InChI=1S/C28H29ClFN5O/c1-18(2)8-9-25(36)33-23-15-20-24(14-19(23)10-11-28(3)12-13-35(4)16-28)31-17-32-27(20)34-22-7-5-6-21(29)26(22)30/h5-9,14-15,17-18H,12-13,16H2,1-4H3,(H,33,36)(H,31,32,34)/b9-8+/t28-/m0/s1. The topological polar surface area (TPSA) is 70.1 Å². The van der Waals surface area contributed by atoms with Crippen molar-refractivity contribution in [3.63, 3.8) is 0 Å². The lowest BCUT2D eigenvalue weighted by atomic mass is 9.90. The smallest absolute Gasteiger partial charge is 0.248 e. The molecule has 1 saturated heterocycles. The van der Waals surface area contributed by atoms with Gasteiger partial charge in [0.15, 0.2) is 5.82 Å². The average Bonchev–Trinajstić information content (AvgIpc) is 3.18. The third-order valence-corrected chi connectivity index (χ3v) is 6.32. The van der Waals surface area contributed by atoms with Gasteiger partial charge in [0.1, 0.15) is 12.1 Å². The minimum atomic E-state index is -0.574. The van der Waals surface area contributed by atoms with E-state index in [0.717, 1.165) is 19.5 Å². The molecule has 4 rings (SSSR count). The largest absolute Gasteiger partial charge is 0.337 e. The fourth-order valence-electron chi connectivity index (χ4n) is 4.10. The summed E-state index contributed by atoms with van der Waals surface area (Å²) in [5, 5.41) is 6.57. The van der Waals surface area contributed by atoms with Crippen molar-refractivity contribution in [1.29, 1.82) is 0 Å². The number of carbonyl (C=O) groups is 1. The molecular formula is C28H29ClFN5O. The van der Waals surface area contributed by atoms with Crippen molar-refractivity contribution in [2.24, 2.45) is 11.3 Å². The Morgan fingerprint density at radius 2 is 2.08 bits per heavy atom. The number of carbonyl (C=O) groups excluding carboxylic acids is 1. The molecule has 3 aromatic rings. The molecule has 0 spiro atoms. The number of anilines is 3. The van der Waals surface area contributed by atoms with Crippen molar-refractivity contribution in [3.05, 3.63) is 65.2 Å². The summed E-state index contributed by atoms with van der Waals surface area (Å²) in [5.74, 6) is 6.50. The average molecular weight is 506 g/mol. The summed E-state index contributed by atoms with van der Waals surface area (Å²) in [6, 6.07) is 8.31. The molecule has 1 atom stereocenters. The van der Waals surface area contributed by atoms with Crippen LogP contribution in [0.1, 0.15) is 32.8 Å². The predicted molar refractivity (Wildman–Crippen MR) is 144 cm³/mol. The Balaban J connectivity index is 1.78. The van der Waals surface area contributed by atoms with Crippen molar-refractivity contribution in [2.75, 3.05) is 30.8 Å². The van der Waals surface area contributed by atoms with Gasteiger partial charge in [-0.2, -0.15) is 0 Å². The summed E-state index contributed by atoms with van der Waals surface area (Å²) < 4.78 is 14.5. The Bertz CT molecular complexity index is 1390. The van der Waals surface area contributed by atoms with Crippen LogP contribution in [0.4, 0.5) is 21.6 Å². The molecule has 8 heteroatoms. The Morgan fingerprint density at radius 3 is 2.81 bits per heavy atom. The van der Waals surface area contributed by atoms with Crippen LogP contribution in [0, 0.1) is 29.0 Å². The minimum Gasteiger partial charge on any atom is -0.337 e. The molecule has 1 fully saturated rings. The first kappa shape index (κ1) is 25.6. The molecule has 186 valence electrons. The van der Waals surface area contributed by atoms with E-state index in [4.69, 9.17) is 11.6 Å². The Hall–Kier alpha value is -3.47. The number of likely N-dealkylation sites (tertiary alicyclic amines) is 1. The number of halogens is 2. The Labute approximate surface area is 216 Å². The second kappa shape index (κ2) is 10.7. The van der Waals surface area contributed by atoms with E-state index in [1.807, 2.05) is 26.0 Å². The monoisotopic (exact) mass is 505 g/mol. The third-order valence-electron chi connectivity index (χ3n) is 6.03. The zero-order valence-corrected chi connectivity index (χ0v) is 21.6. The van der Waals surface area contributed by atoms with E-state index in [-0.39, 0.29) is 28.0 Å². The van der Waals surface area contributed by atoms with Gasteiger partial charge < -0.3 is 15.5 Å².